The van der Waals surface area contributed by atoms with Crippen molar-refractivity contribution in [3.05, 3.63) is 84.6 Å². The van der Waals surface area contributed by atoms with Crippen LogP contribution >= 0.6 is 0 Å². The zero-order valence-electron chi connectivity index (χ0n) is 14.8. The Morgan fingerprint density at radius 3 is 2.04 bits per heavy atom. The van der Waals surface area contributed by atoms with Crippen LogP contribution < -0.4 is 0 Å². The molecule has 0 spiro atoms. The maximum Gasteiger partial charge on any atom is 0.0544 e. The van der Waals surface area contributed by atoms with Gasteiger partial charge in [-0.25, -0.2) is 0 Å². The summed E-state index contributed by atoms with van der Waals surface area (Å²) in [7, 11) is 0. The number of nitrogens with zero attached hydrogens (tertiary/aromatic N) is 4. The molecule has 0 atom stereocenters. The van der Waals surface area contributed by atoms with Crippen molar-refractivity contribution >= 4 is 5.71 Å². The molecular formula is C21H24N4. The molecule has 0 saturated carbocycles. The highest BCUT2D eigenvalue weighted by Gasteiger charge is 2.14. The molecule has 4 nitrogen and oxygen atoms in total. The zero-order chi connectivity index (χ0) is 17.5. The lowest BCUT2D eigenvalue weighted by Gasteiger charge is -2.21. The molecule has 0 aromatic carbocycles. The predicted octanol–water partition coefficient (Wildman–Crippen LogP) is 4.03. The third kappa shape index (κ3) is 5.47. The first-order valence-electron chi connectivity index (χ1n) is 8.56. The first kappa shape index (κ1) is 17.2. The standard InChI is InChI=1S/C21H24N4/c1-21(2)10-9-20(24-14-11-21)17-25(15-18-7-3-5-12-22-18)16-19-8-4-6-13-23-19/h3-14H,15-17H2,1-2H3. The van der Waals surface area contributed by atoms with Crippen molar-refractivity contribution in [3.63, 3.8) is 0 Å². The highest BCUT2D eigenvalue weighted by molar-refractivity contribution is 5.97. The van der Waals surface area contributed by atoms with Gasteiger partial charge in [0, 0.05) is 43.6 Å². The Morgan fingerprint density at radius 2 is 1.48 bits per heavy atom. The van der Waals surface area contributed by atoms with E-state index in [4.69, 9.17) is 0 Å². The van der Waals surface area contributed by atoms with E-state index >= 15 is 0 Å². The number of pyridine rings is 2. The average molecular weight is 332 g/mol. The van der Waals surface area contributed by atoms with Crippen molar-refractivity contribution in [2.75, 3.05) is 6.54 Å². The summed E-state index contributed by atoms with van der Waals surface area (Å²) >= 11 is 0. The SMILES string of the molecule is CC1(C)C=CN=C(CN(Cc2ccccn2)Cc2ccccn2)C=C1. The van der Waals surface area contributed by atoms with Crippen molar-refractivity contribution in [2.45, 2.75) is 26.9 Å². The van der Waals surface area contributed by atoms with E-state index in [2.05, 4.69) is 64.1 Å². The zero-order valence-corrected chi connectivity index (χ0v) is 14.8. The molecule has 0 amide bonds. The molecule has 0 unspecified atom stereocenters. The van der Waals surface area contributed by atoms with Crippen LogP contribution in [0.3, 0.4) is 0 Å². The van der Waals surface area contributed by atoms with Crippen LogP contribution in [0.25, 0.3) is 0 Å². The number of hydrogen-bond donors (Lipinski definition) is 0. The Morgan fingerprint density at radius 1 is 0.840 bits per heavy atom. The minimum atomic E-state index is 0.0397. The molecule has 3 rings (SSSR count). The number of aliphatic imine (C=N–C) groups is 1. The third-order valence-corrected chi connectivity index (χ3v) is 4.06. The molecule has 2 aromatic heterocycles. The lowest BCUT2D eigenvalue weighted by atomic mass is 9.93. The van der Waals surface area contributed by atoms with Gasteiger partial charge in [0.15, 0.2) is 0 Å². The molecule has 128 valence electrons. The van der Waals surface area contributed by atoms with Gasteiger partial charge < -0.3 is 0 Å². The summed E-state index contributed by atoms with van der Waals surface area (Å²) in [6, 6.07) is 12.0. The van der Waals surface area contributed by atoms with Gasteiger partial charge in [0.1, 0.15) is 0 Å². The summed E-state index contributed by atoms with van der Waals surface area (Å²) in [4.78, 5) is 15.8. The first-order chi connectivity index (χ1) is 12.1. The van der Waals surface area contributed by atoms with E-state index in [0.717, 1.165) is 36.7 Å². The van der Waals surface area contributed by atoms with E-state index in [9.17, 15) is 0 Å². The molecule has 1 aliphatic heterocycles. The molecule has 0 aliphatic carbocycles. The fraction of sp³-hybridized carbons (Fsp3) is 0.286. The van der Waals surface area contributed by atoms with Crippen LogP contribution in [0.4, 0.5) is 0 Å². The monoisotopic (exact) mass is 332 g/mol. The second-order valence-electron chi connectivity index (χ2n) is 6.88. The van der Waals surface area contributed by atoms with Crippen LogP contribution in [0.5, 0.6) is 0 Å². The van der Waals surface area contributed by atoms with Crippen LogP contribution in [0.2, 0.25) is 0 Å². The van der Waals surface area contributed by atoms with E-state index in [1.807, 2.05) is 42.9 Å². The largest absolute Gasteiger partial charge is 0.286 e. The van der Waals surface area contributed by atoms with Crippen LogP contribution in [0.15, 0.2) is 78.2 Å². The number of rotatable bonds is 6. The van der Waals surface area contributed by atoms with Gasteiger partial charge in [0.2, 0.25) is 0 Å². The van der Waals surface area contributed by atoms with Gasteiger partial charge in [-0.05, 0) is 30.3 Å². The Balaban J connectivity index is 1.76. The fourth-order valence-corrected chi connectivity index (χ4v) is 2.67. The normalized spacial score (nSPS) is 15.9. The molecule has 1 aliphatic rings. The second kappa shape index (κ2) is 7.99. The Kier molecular flexibility index (Phi) is 5.51. The summed E-state index contributed by atoms with van der Waals surface area (Å²) in [6.45, 7) is 6.63. The van der Waals surface area contributed by atoms with Gasteiger partial charge >= 0.3 is 0 Å². The molecule has 0 radical (unpaired) electrons. The highest BCUT2D eigenvalue weighted by Crippen LogP contribution is 2.21. The molecule has 0 saturated heterocycles. The van der Waals surface area contributed by atoms with Crippen molar-refractivity contribution in [1.29, 1.82) is 0 Å². The van der Waals surface area contributed by atoms with Gasteiger partial charge in [-0.2, -0.15) is 0 Å². The molecule has 2 aromatic rings. The summed E-state index contributed by atoms with van der Waals surface area (Å²) in [5.74, 6) is 0. The summed E-state index contributed by atoms with van der Waals surface area (Å²) in [5, 5.41) is 0. The van der Waals surface area contributed by atoms with E-state index in [1.165, 1.54) is 0 Å². The number of aromatic nitrogens is 2. The molecule has 0 fully saturated rings. The molecule has 3 heterocycles. The molecular weight excluding hydrogens is 308 g/mol. The van der Waals surface area contributed by atoms with Crippen molar-refractivity contribution in [1.82, 2.24) is 14.9 Å². The Bertz CT molecular complexity index is 719. The van der Waals surface area contributed by atoms with E-state index in [0.29, 0.717) is 0 Å². The average Bonchev–Trinajstić information content (AvgIpc) is 2.77. The van der Waals surface area contributed by atoms with E-state index in [-0.39, 0.29) is 5.41 Å². The summed E-state index contributed by atoms with van der Waals surface area (Å²) in [5.41, 5.74) is 3.19. The number of hydrogen-bond acceptors (Lipinski definition) is 4. The lowest BCUT2D eigenvalue weighted by Crippen LogP contribution is -2.29. The summed E-state index contributed by atoms with van der Waals surface area (Å²) < 4.78 is 0. The lowest BCUT2D eigenvalue weighted by molar-refractivity contribution is 0.288. The predicted molar refractivity (Wildman–Crippen MR) is 102 cm³/mol. The van der Waals surface area contributed by atoms with Gasteiger partial charge in [-0.15, -0.1) is 0 Å². The topological polar surface area (TPSA) is 41.4 Å². The minimum Gasteiger partial charge on any atom is -0.286 e. The Labute approximate surface area is 149 Å². The van der Waals surface area contributed by atoms with Gasteiger partial charge in [-0.3, -0.25) is 19.9 Å². The third-order valence-electron chi connectivity index (χ3n) is 4.06. The van der Waals surface area contributed by atoms with Crippen molar-refractivity contribution < 1.29 is 0 Å². The van der Waals surface area contributed by atoms with E-state index in [1.54, 1.807) is 0 Å². The molecule has 25 heavy (non-hydrogen) atoms. The van der Waals surface area contributed by atoms with Crippen LogP contribution in [-0.2, 0) is 13.1 Å². The van der Waals surface area contributed by atoms with Crippen LogP contribution in [-0.4, -0.2) is 27.1 Å². The molecule has 0 N–H and O–H groups in total. The summed E-state index contributed by atoms with van der Waals surface area (Å²) in [6.07, 6.45) is 12.0. The van der Waals surface area contributed by atoms with Crippen LogP contribution in [0.1, 0.15) is 25.2 Å². The quantitative estimate of drug-likeness (QED) is 0.802. The first-order valence-corrected chi connectivity index (χ1v) is 8.56. The highest BCUT2D eigenvalue weighted by atomic mass is 15.1. The maximum atomic E-state index is 4.61. The minimum absolute atomic E-state index is 0.0397. The van der Waals surface area contributed by atoms with E-state index < -0.39 is 0 Å². The van der Waals surface area contributed by atoms with Gasteiger partial charge in [-0.1, -0.05) is 38.1 Å². The Hall–Kier alpha value is -2.59. The van der Waals surface area contributed by atoms with Crippen molar-refractivity contribution in [3.8, 4) is 0 Å². The van der Waals surface area contributed by atoms with Gasteiger partial charge in [0.25, 0.3) is 0 Å². The molecule has 4 heteroatoms. The van der Waals surface area contributed by atoms with Crippen LogP contribution in [0, 0.1) is 5.41 Å². The fourth-order valence-electron chi connectivity index (χ4n) is 2.67. The maximum absolute atomic E-state index is 4.61. The second-order valence-corrected chi connectivity index (χ2v) is 6.88. The van der Waals surface area contributed by atoms with Gasteiger partial charge in [0.05, 0.1) is 17.1 Å². The number of allylic oxidation sites excluding steroid dienone is 2. The van der Waals surface area contributed by atoms with Crippen molar-refractivity contribution in [2.24, 2.45) is 10.4 Å². The smallest absolute Gasteiger partial charge is 0.0544 e. The molecule has 0 bridgehead atoms.